The molecule has 0 atom stereocenters. The molecule has 0 unspecified atom stereocenters. The molecule has 0 bridgehead atoms. The molecule has 1 saturated carbocycles. The van der Waals surface area contributed by atoms with Gasteiger partial charge >= 0.3 is 0 Å². The summed E-state index contributed by atoms with van der Waals surface area (Å²) in [6.45, 7) is 5.72. The first-order chi connectivity index (χ1) is 9.58. The molecule has 6 heteroatoms. The molecule has 0 heterocycles. The smallest absolute Gasteiger partial charge is 0.232 e. The topological polar surface area (TPSA) is 66.5 Å². The van der Waals surface area contributed by atoms with Crippen molar-refractivity contribution in [1.82, 2.24) is 0 Å². The Hall–Kier alpha value is -1.56. The average molecular weight is 310 g/mol. The van der Waals surface area contributed by atoms with Crippen LogP contribution >= 0.6 is 0 Å². The third kappa shape index (κ3) is 4.20. The summed E-state index contributed by atoms with van der Waals surface area (Å²) in [5.41, 5.74) is 0.878. The lowest BCUT2D eigenvalue weighted by Gasteiger charge is -2.29. The zero-order valence-corrected chi connectivity index (χ0v) is 13.7. The van der Waals surface area contributed by atoms with Crippen LogP contribution in [0.25, 0.3) is 0 Å². The predicted octanol–water partition coefficient (Wildman–Crippen LogP) is 2.60. The lowest BCUT2D eigenvalue weighted by Crippen LogP contribution is -2.41. The maximum atomic E-state index is 12.6. The summed E-state index contributed by atoms with van der Waals surface area (Å²) >= 11 is 0. The van der Waals surface area contributed by atoms with Crippen LogP contribution in [0.5, 0.6) is 0 Å². The first-order valence-electron chi connectivity index (χ1n) is 6.99. The Labute approximate surface area is 126 Å². The number of nitrogens with zero attached hydrogens (tertiary/aromatic N) is 1. The molecule has 1 aliphatic carbocycles. The number of amides is 1. The first kappa shape index (κ1) is 15.8. The minimum Gasteiger partial charge on any atom is -0.309 e. The SMILES string of the molecule is CC(C)(C)C(=O)N(c1ccc(NS(C)(=O)=O)cc1)C1CC1. The van der Waals surface area contributed by atoms with Gasteiger partial charge in [0.2, 0.25) is 15.9 Å². The van der Waals surface area contributed by atoms with E-state index in [1.165, 1.54) is 0 Å². The average Bonchev–Trinajstić information content (AvgIpc) is 3.13. The fraction of sp³-hybridized carbons (Fsp3) is 0.533. The number of sulfonamides is 1. The van der Waals surface area contributed by atoms with Gasteiger partial charge in [-0.1, -0.05) is 20.8 Å². The molecular weight excluding hydrogens is 288 g/mol. The van der Waals surface area contributed by atoms with Crippen molar-refractivity contribution >= 4 is 27.3 Å². The van der Waals surface area contributed by atoms with Gasteiger partial charge in [-0.3, -0.25) is 9.52 Å². The molecule has 5 nitrogen and oxygen atoms in total. The van der Waals surface area contributed by atoms with Crippen LogP contribution in [0.1, 0.15) is 33.6 Å². The van der Waals surface area contributed by atoms with Crippen molar-refractivity contribution in [3.8, 4) is 0 Å². The molecular formula is C15H22N2O3S. The highest BCUT2D eigenvalue weighted by molar-refractivity contribution is 7.92. The maximum absolute atomic E-state index is 12.6. The molecule has 0 aliphatic heterocycles. The van der Waals surface area contributed by atoms with Crippen LogP contribution in [0.3, 0.4) is 0 Å². The second-order valence-corrected chi connectivity index (χ2v) is 8.33. The van der Waals surface area contributed by atoms with Gasteiger partial charge in [0.15, 0.2) is 0 Å². The molecule has 1 aromatic carbocycles. The Morgan fingerprint density at radius 1 is 1.19 bits per heavy atom. The summed E-state index contributed by atoms with van der Waals surface area (Å²) in [5.74, 6) is 0.0915. The molecule has 1 amide bonds. The van der Waals surface area contributed by atoms with Gasteiger partial charge in [0.1, 0.15) is 0 Å². The molecule has 1 N–H and O–H groups in total. The molecule has 116 valence electrons. The largest absolute Gasteiger partial charge is 0.309 e. The summed E-state index contributed by atoms with van der Waals surface area (Å²) in [7, 11) is -3.28. The van der Waals surface area contributed by atoms with Gasteiger partial charge < -0.3 is 4.90 Å². The summed E-state index contributed by atoms with van der Waals surface area (Å²) < 4.78 is 24.8. The summed E-state index contributed by atoms with van der Waals surface area (Å²) in [4.78, 5) is 14.4. The minimum atomic E-state index is -3.28. The van der Waals surface area contributed by atoms with Crippen molar-refractivity contribution in [2.75, 3.05) is 15.9 Å². The molecule has 0 aromatic heterocycles. The van der Waals surface area contributed by atoms with Crippen molar-refractivity contribution in [2.45, 2.75) is 39.7 Å². The van der Waals surface area contributed by atoms with Crippen LogP contribution in [0.15, 0.2) is 24.3 Å². The van der Waals surface area contributed by atoms with Crippen LogP contribution in [-0.2, 0) is 14.8 Å². The van der Waals surface area contributed by atoms with Crippen molar-refractivity contribution in [3.63, 3.8) is 0 Å². The van der Waals surface area contributed by atoms with Crippen molar-refractivity contribution < 1.29 is 13.2 Å². The molecule has 1 aromatic rings. The Morgan fingerprint density at radius 3 is 2.10 bits per heavy atom. The van der Waals surface area contributed by atoms with Crippen LogP contribution in [-0.4, -0.2) is 26.6 Å². The van der Waals surface area contributed by atoms with Gasteiger partial charge in [0, 0.05) is 22.8 Å². The van der Waals surface area contributed by atoms with Gasteiger partial charge in [-0.15, -0.1) is 0 Å². The predicted molar refractivity (Wildman–Crippen MR) is 84.9 cm³/mol. The highest BCUT2D eigenvalue weighted by Crippen LogP contribution is 2.35. The van der Waals surface area contributed by atoms with Gasteiger partial charge in [-0.2, -0.15) is 0 Å². The molecule has 0 spiro atoms. The van der Waals surface area contributed by atoms with E-state index in [2.05, 4.69) is 4.72 Å². The van der Waals surface area contributed by atoms with E-state index in [4.69, 9.17) is 0 Å². The van der Waals surface area contributed by atoms with Gasteiger partial charge in [-0.25, -0.2) is 8.42 Å². The number of rotatable bonds is 4. The molecule has 0 saturated heterocycles. The quantitative estimate of drug-likeness (QED) is 0.929. The molecule has 1 fully saturated rings. The number of benzene rings is 1. The normalized spacial score (nSPS) is 15.6. The van der Waals surface area contributed by atoms with Crippen LogP contribution in [0.4, 0.5) is 11.4 Å². The van der Waals surface area contributed by atoms with E-state index < -0.39 is 15.4 Å². The summed E-state index contributed by atoms with van der Waals surface area (Å²) in [6.07, 6.45) is 3.15. The van der Waals surface area contributed by atoms with Crippen molar-refractivity contribution in [3.05, 3.63) is 24.3 Å². The van der Waals surface area contributed by atoms with Gasteiger partial charge in [-0.05, 0) is 37.1 Å². The summed E-state index contributed by atoms with van der Waals surface area (Å²) in [6, 6.07) is 7.21. The maximum Gasteiger partial charge on any atom is 0.232 e. The second kappa shape index (κ2) is 5.33. The van der Waals surface area contributed by atoms with E-state index >= 15 is 0 Å². The standard InChI is InChI=1S/C15H22N2O3S/c1-15(2,3)14(18)17(13-9-10-13)12-7-5-11(6-8-12)16-21(4,19)20/h5-8,13,16H,9-10H2,1-4H3. The highest BCUT2D eigenvalue weighted by Gasteiger charge is 2.38. The third-order valence-corrected chi connectivity index (χ3v) is 3.83. The van der Waals surface area contributed by atoms with Crippen molar-refractivity contribution in [1.29, 1.82) is 0 Å². The lowest BCUT2D eigenvalue weighted by atomic mass is 9.94. The molecule has 1 aliphatic rings. The molecule has 2 rings (SSSR count). The van der Waals surface area contributed by atoms with Gasteiger partial charge in [0.05, 0.1) is 6.26 Å². The highest BCUT2D eigenvalue weighted by atomic mass is 32.2. The number of hydrogen-bond donors (Lipinski definition) is 1. The van der Waals surface area contributed by atoms with E-state index in [0.29, 0.717) is 5.69 Å². The Balaban J connectivity index is 2.24. The Bertz CT molecular complexity index is 626. The van der Waals surface area contributed by atoms with E-state index in [1.54, 1.807) is 24.3 Å². The van der Waals surface area contributed by atoms with Crippen LogP contribution < -0.4 is 9.62 Å². The number of nitrogens with one attached hydrogen (secondary N) is 1. The number of carbonyl (C=O) groups excluding carboxylic acids is 1. The van der Waals surface area contributed by atoms with Crippen LogP contribution in [0, 0.1) is 5.41 Å². The van der Waals surface area contributed by atoms with E-state index in [1.807, 2.05) is 25.7 Å². The van der Waals surface area contributed by atoms with E-state index in [-0.39, 0.29) is 11.9 Å². The monoisotopic (exact) mass is 310 g/mol. The van der Waals surface area contributed by atoms with Gasteiger partial charge in [0.25, 0.3) is 0 Å². The number of anilines is 2. The van der Waals surface area contributed by atoms with Crippen LogP contribution in [0.2, 0.25) is 0 Å². The Kier molecular flexibility index (Phi) is 4.02. The zero-order chi connectivity index (χ0) is 15.8. The number of hydrogen-bond acceptors (Lipinski definition) is 3. The van der Waals surface area contributed by atoms with E-state index in [0.717, 1.165) is 24.8 Å². The molecule has 21 heavy (non-hydrogen) atoms. The van der Waals surface area contributed by atoms with E-state index in [9.17, 15) is 13.2 Å². The summed E-state index contributed by atoms with van der Waals surface area (Å²) in [5, 5.41) is 0. The second-order valence-electron chi connectivity index (χ2n) is 6.58. The Morgan fingerprint density at radius 2 is 1.71 bits per heavy atom. The first-order valence-corrected chi connectivity index (χ1v) is 8.88. The number of carbonyl (C=O) groups is 1. The minimum absolute atomic E-state index is 0.0915. The fourth-order valence-corrected chi connectivity index (χ4v) is 2.66. The molecule has 0 radical (unpaired) electrons. The third-order valence-electron chi connectivity index (χ3n) is 3.22. The lowest BCUT2D eigenvalue weighted by molar-refractivity contribution is -0.125. The van der Waals surface area contributed by atoms with Crippen molar-refractivity contribution in [2.24, 2.45) is 5.41 Å². The fourth-order valence-electron chi connectivity index (χ4n) is 2.09. The zero-order valence-electron chi connectivity index (χ0n) is 12.9.